The van der Waals surface area contributed by atoms with E-state index in [1.807, 2.05) is 6.92 Å². The first-order valence-corrected chi connectivity index (χ1v) is 6.78. The van der Waals surface area contributed by atoms with Gasteiger partial charge in [-0.1, -0.05) is 6.92 Å². The summed E-state index contributed by atoms with van der Waals surface area (Å²) in [7, 11) is 0. The van der Waals surface area contributed by atoms with Crippen LogP contribution < -0.4 is 10.5 Å². The van der Waals surface area contributed by atoms with Gasteiger partial charge in [-0.25, -0.2) is 4.39 Å². The molecule has 2 rings (SSSR count). The van der Waals surface area contributed by atoms with Gasteiger partial charge in [0.2, 0.25) is 0 Å². The Hall–Kier alpha value is -1.09. The Balaban J connectivity index is 2.09. The third-order valence-corrected chi connectivity index (χ3v) is 3.72. The molecular weight excluding hydrogens is 229 g/mol. The van der Waals surface area contributed by atoms with Gasteiger partial charge in [0.05, 0.1) is 6.10 Å². The number of hydrogen-bond acceptors (Lipinski definition) is 2. The Morgan fingerprint density at radius 1 is 1.28 bits per heavy atom. The number of nitrogens with two attached hydrogens (primary N) is 1. The van der Waals surface area contributed by atoms with Crippen molar-refractivity contribution >= 4 is 0 Å². The summed E-state index contributed by atoms with van der Waals surface area (Å²) in [5, 5.41) is 0. The van der Waals surface area contributed by atoms with E-state index in [1.165, 1.54) is 25.0 Å². The summed E-state index contributed by atoms with van der Waals surface area (Å²) in [6, 6.07) is 4.41. The topological polar surface area (TPSA) is 35.2 Å². The lowest BCUT2D eigenvalue weighted by Crippen LogP contribution is -2.24. The minimum atomic E-state index is -0.257. The zero-order valence-corrected chi connectivity index (χ0v) is 11.2. The summed E-state index contributed by atoms with van der Waals surface area (Å²) in [6.45, 7) is 4.13. The molecule has 0 bridgehead atoms. The molecule has 1 fully saturated rings. The number of hydrogen-bond donors (Lipinski definition) is 1. The largest absolute Gasteiger partial charge is 0.490 e. The molecule has 2 N–H and O–H groups in total. The van der Waals surface area contributed by atoms with Crippen molar-refractivity contribution in [2.45, 2.75) is 51.7 Å². The quantitative estimate of drug-likeness (QED) is 0.886. The highest BCUT2D eigenvalue weighted by atomic mass is 19.1. The highest BCUT2D eigenvalue weighted by Gasteiger charge is 2.21. The van der Waals surface area contributed by atoms with E-state index in [9.17, 15) is 4.39 Å². The highest BCUT2D eigenvalue weighted by molar-refractivity contribution is 5.36. The van der Waals surface area contributed by atoms with Crippen LogP contribution in [0.5, 0.6) is 5.75 Å². The molecule has 0 radical (unpaired) electrons. The van der Waals surface area contributed by atoms with Crippen LogP contribution in [0.15, 0.2) is 18.2 Å². The molecule has 1 aliphatic rings. The van der Waals surface area contributed by atoms with Crippen LogP contribution in [-0.4, -0.2) is 6.10 Å². The maximum absolute atomic E-state index is 13.2. The highest BCUT2D eigenvalue weighted by Crippen LogP contribution is 2.31. The first kappa shape index (κ1) is 13.3. The second-order valence-corrected chi connectivity index (χ2v) is 5.47. The average molecular weight is 251 g/mol. The lowest BCUT2D eigenvalue weighted by atomic mass is 9.89. The van der Waals surface area contributed by atoms with Gasteiger partial charge in [0.1, 0.15) is 11.6 Å². The molecule has 1 saturated carbocycles. The van der Waals surface area contributed by atoms with E-state index >= 15 is 0 Å². The molecule has 1 aromatic carbocycles. The molecule has 0 spiro atoms. The van der Waals surface area contributed by atoms with Crippen LogP contribution in [0.4, 0.5) is 4.39 Å². The number of halogens is 1. The van der Waals surface area contributed by atoms with Crippen molar-refractivity contribution in [2.75, 3.05) is 0 Å². The summed E-state index contributed by atoms with van der Waals surface area (Å²) < 4.78 is 19.2. The van der Waals surface area contributed by atoms with Crippen molar-refractivity contribution in [1.82, 2.24) is 0 Å². The third-order valence-electron chi connectivity index (χ3n) is 3.72. The molecule has 1 aromatic rings. The van der Waals surface area contributed by atoms with E-state index in [1.54, 1.807) is 6.07 Å². The Labute approximate surface area is 108 Å². The van der Waals surface area contributed by atoms with Crippen molar-refractivity contribution in [2.24, 2.45) is 11.7 Å². The standard InChI is InChI=1S/C15H22FNO/c1-10-3-6-13(7-4-10)18-15-8-5-12(16)9-14(15)11(2)17/h5,8-11,13H,3-4,6-7,17H2,1-2H3/t10?,11-,13?/m0/s1. The van der Waals surface area contributed by atoms with Crippen LogP contribution in [0.1, 0.15) is 51.1 Å². The van der Waals surface area contributed by atoms with E-state index in [0.29, 0.717) is 0 Å². The lowest BCUT2D eigenvalue weighted by Gasteiger charge is -2.28. The van der Waals surface area contributed by atoms with Crippen molar-refractivity contribution in [1.29, 1.82) is 0 Å². The van der Waals surface area contributed by atoms with Crippen LogP contribution in [-0.2, 0) is 0 Å². The molecular formula is C15H22FNO. The van der Waals surface area contributed by atoms with E-state index in [2.05, 4.69) is 6.92 Å². The molecule has 0 heterocycles. The SMILES string of the molecule is CC1CCC(Oc2ccc(F)cc2[C@H](C)N)CC1. The van der Waals surface area contributed by atoms with Gasteiger partial charge in [0.15, 0.2) is 0 Å². The van der Waals surface area contributed by atoms with E-state index in [-0.39, 0.29) is 18.0 Å². The molecule has 0 aliphatic heterocycles. The van der Waals surface area contributed by atoms with Crippen LogP contribution in [0.25, 0.3) is 0 Å². The zero-order valence-electron chi connectivity index (χ0n) is 11.2. The van der Waals surface area contributed by atoms with Crippen LogP contribution in [0, 0.1) is 11.7 Å². The van der Waals surface area contributed by atoms with E-state index in [0.717, 1.165) is 30.1 Å². The normalized spacial score (nSPS) is 25.8. The number of benzene rings is 1. The molecule has 2 nitrogen and oxygen atoms in total. The molecule has 0 unspecified atom stereocenters. The molecule has 18 heavy (non-hydrogen) atoms. The molecule has 0 aromatic heterocycles. The fraction of sp³-hybridized carbons (Fsp3) is 0.600. The second kappa shape index (κ2) is 5.70. The Morgan fingerprint density at radius 2 is 1.94 bits per heavy atom. The van der Waals surface area contributed by atoms with Crippen molar-refractivity contribution in [3.8, 4) is 5.75 Å². The summed E-state index contributed by atoms with van der Waals surface area (Å²) in [5.41, 5.74) is 6.62. The summed E-state index contributed by atoms with van der Waals surface area (Å²) in [6.07, 6.45) is 4.83. The molecule has 1 aliphatic carbocycles. The molecule has 1 atom stereocenters. The average Bonchev–Trinajstić information content (AvgIpc) is 2.34. The van der Waals surface area contributed by atoms with Gasteiger partial charge in [0, 0.05) is 11.6 Å². The smallest absolute Gasteiger partial charge is 0.124 e. The van der Waals surface area contributed by atoms with E-state index in [4.69, 9.17) is 10.5 Å². The molecule has 100 valence electrons. The summed E-state index contributed by atoms with van der Waals surface area (Å²) in [4.78, 5) is 0. The predicted molar refractivity (Wildman–Crippen MR) is 71.1 cm³/mol. The minimum absolute atomic E-state index is 0.210. The molecule has 0 saturated heterocycles. The summed E-state index contributed by atoms with van der Waals surface area (Å²) in [5.74, 6) is 1.28. The molecule has 0 amide bonds. The molecule has 3 heteroatoms. The second-order valence-electron chi connectivity index (χ2n) is 5.47. The van der Waals surface area contributed by atoms with Gasteiger partial charge in [-0.15, -0.1) is 0 Å². The van der Waals surface area contributed by atoms with Gasteiger partial charge in [-0.2, -0.15) is 0 Å². The minimum Gasteiger partial charge on any atom is -0.490 e. The maximum Gasteiger partial charge on any atom is 0.124 e. The van der Waals surface area contributed by atoms with Gasteiger partial charge < -0.3 is 10.5 Å². The zero-order chi connectivity index (χ0) is 13.1. The van der Waals surface area contributed by atoms with Gasteiger partial charge in [-0.05, 0) is 56.7 Å². The Kier molecular flexibility index (Phi) is 4.23. The fourth-order valence-corrected chi connectivity index (χ4v) is 2.51. The first-order valence-electron chi connectivity index (χ1n) is 6.78. The maximum atomic E-state index is 13.2. The summed E-state index contributed by atoms with van der Waals surface area (Å²) >= 11 is 0. The van der Waals surface area contributed by atoms with Crippen molar-refractivity contribution in [3.63, 3.8) is 0 Å². The van der Waals surface area contributed by atoms with E-state index < -0.39 is 0 Å². The van der Waals surface area contributed by atoms with Crippen LogP contribution >= 0.6 is 0 Å². The van der Waals surface area contributed by atoms with Crippen molar-refractivity contribution in [3.05, 3.63) is 29.6 Å². The predicted octanol–water partition coefficient (Wildman–Crippen LogP) is 3.80. The van der Waals surface area contributed by atoms with Gasteiger partial charge in [-0.3, -0.25) is 0 Å². The van der Waals surface area contributed by atoms with Gasteiger partial charge >= 0.3 is 0 Å². The number of rotatable bonds is 3. The number of ether oxygens (including phenoxy) is 1. The lowest BCUT2D eigenvalue weighted by molar-refractivity contribution is 0.134. The monoisotopic (exact) mass is 251 g/mol. The third kappa shape index (κ3) is 3.22. The Morgan fingerprint density at radius 3 is 2.56 bits per heavy atom. The fourth-order valence-electron chi connectivity index (χ4n) is 2.51. The van der Waals surface area contributed by atoms with Crippen LogP contribution in [0.3, 0.4) is 0 Å². The Bertz CT molecular complexity index is 397. The first-order chi connectivity index (χ1) is 8.56. The van der Waals surface area contributed by atoms with Crippen LogP contribution in [0.2, 0.25) is 0 Å². The van der Waals surface area contributed by atoms with Gasteiger partial charge in [0.25, 0.3) is 0 Å². The van der Waals surface area contributed by atoms with Crippen molar-refractivity contribution < 1.29 is 9.13 Å².